The van der Waals surface area contributed by atoms with Crippen molar-refractivity contribution in [2.24, 2.45) is 4.99 Å². The number of nitrogens with one attached hydrogen (secondary N) is 1. The second kappa shape index (κ2) is 5.99. The topological polar surface area (TPSA) is 50.7 Å². The first kappa shape index (κ1) is 16.0. The third-order valence-electron chi connectivity index (χ3n) is 3.45. The molecule has 3 rings (SSSR count). The number of nitrogens with zero attached hydrogens (tertiary/aromatic N) is 1. The quantitative estimate of drug-likeness (QED) is 0.896. The molecule has 24 heavy (non-hydrogen) atoms. The second-order valence-electron chi connectivity index (χ2n) is 5.29. The van der Waals surface area contributed by atoms with E-state index in [0.29, 0.717) is 17.1 Å². The Hall–Kier alpha value is -2.83. The van der Waals surface area contributed by atoms with Gasteiger partial charge in [0.1, 0.15) is 18.0 Å². The SMILES string of the molecule is CC(=O)Nc1ccc(C2=Nc3ccc(C(F)(F)F)cc3OC2)cc1. The zero-order valence-electron chi connectivity index (χ0n) is 12.6. The molecule has 0 unspecified atom stereocenters. The highest BCUT2D eigenvalue weighted by atomic mass is 19.4. The number of anilines is 1. The van der Waals surface area contributed by atoms with Gasteiger partial charge in [-0.05, 0) is 35.9 Å². The number of amides is 1. The van der Waals surface area contributed by atoms with Gasteiger partial charge < -0.3 is 10.1 Å². The van der Waals surface area contributed by atoms with E-state index in [2.05, 4.69) is 10.3 Å². The van der Waals surface area contributed by atoms with E-state index in [1.165, 1.54) is 13.0 Å². The molecule has 2 aromatic carbocycles. The van der Waals surface area contributed by atoms with E-state index in [1.807, 2.05) is 0 Å². The Kier molecular flexibility index (Phi) is 4.01. The molecule has 0 saturated heterocycles. The average Bonchev–Trinajstić information content (AvgIpc) is 2.53. The van der Waals surface area contributed by atoms with Gasteiger partial charge in [-0.15, -0.1) is 0 Å². The predicted octanol–water partition coefficient (Wildman–Crippen LogP) is 4.18. The zero-order chi connectivity index (χ0) is 17.3. The number of aliphatic imine (C=N–C) groups is 1. The molecule has 0 aliphatic carbocycles. The van der Waals surface area contributed by atoms with Gasteiger partial charge in [0.05, 0.1) is 11.3 Å². The molecular formula is C17H13F3N2O2. The van der Waals surface area contributed by atoms with Gasteiger partial charge in [0.15, 0.2) is 0 Å². The summed E-state index contributed by atoms with van der Waals surface area (Å²) in [5.74, 6) is -0.0565. The minimum Gasteiger partial charge on any atom is -0.485 e. The first-order valence-electron chi connectivity index (χ1n) is 7.12. The number of hydrogen-bond acceptors (Lipinski definition) is 3. The third-order valence-corrected chi connectivity index (χ3v) is 3.45. The van der Waals surface area contributed by atoms with E-state index in [1.54, 1.807) is 24.3 Å². The number of alkyl halides is 3. The van der Waals surface area contributed by atoms with Crippen LogP contribution in [0, 0.1) is 0 Å². The lowest BCUT2D eigenvalue weighted by Crippen LogP contribution is -2.17. The zero-order valence-corrected chi connectivity index (χ0v) is 12.6. The minimum atomic E-state index is -4.41. The molecule has 2 aromatic rings. The van der Waals surface area contributed by atoms with Crippen LogP contribution in [0.25, 0.3) is 0 Å². The molecule has 0 bridgehead atoms. The van der Waals surface area contributed by atoms with Crippen molar-refractivity contribution in [2.75, 3.05) is 11.9 Å². The van der Waals surface area contributed by atoms with Crippen molar-refractivity contribution in [3.63, 3.8) is 0 Å². The van der Waals surface area contributed by atoms with E-state index in [4.69, 9.17) is 4.74 Å². The van der Waals surface area contributed by atoms with Crippen molar-refractivity contribution in [1.82, 2.24) is 0 Å². The maximum Gasteiger partial charge on any atom is 0.416 e. The van der Waals surface area contributed by atoms with Gasteiger partial charge in [-0.25, -0.2) is 4.99 Å². The van der Waals surface area contributed by atoms with Crippen molar-refractivity contribution in [3.8, 4) is 5.75 Å². The summed E-state index contributed by atoms with van der Waals surface area (Å²) in [5, 5.41) is 2.65. The van der Waals surface area contributed by atoms with Crippen LogP contribution in [0.4, 0.5) is 24.5 Å². The molecule has 1 heterocycles. The molecule has 4 nitrogen and oxygen atoms in total. The minimum absolute atomic E-state index is 0.0772. The molecule has 1 aliphatic rings. The van der Waals surface area contributed by atoms with Crippen molar-refractivity contribution >= 4 is 23.0 Å². The lowest BCUT2D eigenvalue weighted by Gasteiger charge is -2.18. The number of carbonyl (C=O) groups excluding carboxylic acids is 1. The summed E-state index contributed by atoms with van der Waals surface area (Å²) in [4.78, 5) is 15.4. The number of hydrogen-bond donors (Lipinski definition) is 1. The number of ether oxygens (including phenoxy) is 1. The third kappa shape index (κ3) is 3.40. The monoisotopic (exact) mass is 334 g/mol. The number of rotatable bonds is 2. The summed E-state index contributed by atoms with van der Waals surface area (Å²) in [5.41, 5.74) is 1.62. The molecule has 1 N–H and O–H groups in total. The van der Waals surface area contributed by atoms with E-state index in [9.17, 15) is 18.0 Å². The number of halogens is 3. The van der Waals surface area contributed by atoms with Crippen molar-refractivity contribution < 1.29 is 22.7 Å². The van der Waals surface area contributed by atoms with Crippen molar-refractivity contribution in [2.45, 2.75) is 13.1 Å². The van der Waals surface area contributed by atoms with Gasteiger partial charge in [-0.2, -0.15) is 13.2 Å². The molecule has 1 amide bonds. The van der Waals surface area contributed by atoms with E-state index >= 15 is 0 Å². The molecule has 0 fully saturated rings. The van der Waals surface area contributed by atoms with Gasteiger partial charge in [0.25, 0.3) is 0 Å². The van der Waals surface area contributed by atoms with E-state index < -0.39 is 11.7 Å². The summed E-state index contributed by atoms with van der Waals surface area (Å²) >= 11 is 0. The van der Waals surface area contributed by atoms with Gasteiger partial charge in [-0.3, -0.25) is 4.79 Å². The Morgan fingerprint density at radius 3 is 2.50 bits per heavy atom. The molecule has 7 heteroatoms. The Morgan fingerprint density at radius 2 is 1.88 bits per heavy atom. The van der Waals surface area contributed by atoms with Crippen LogP contribution in [-0.2, 0) is 11.0 Å². The normalized spacial score (nSPS) is 13.6. The van der Waals surface area contributed by atoms with Crippen LogP contribution in [-0.4, -0.2) is 18.2 Å². The lowest BCUT2D eigenvalue weighted by molar-refractivity contribution is -0.137. The summed E-state index contributed by atoms with van der Waals surface area (Å²) < 4.78 is 43.5. The Balaban J connectivity index is 1.87. The highest BCUT2D eigenvalue weighted by Crippen LogP contribution is 2.38. The molecule has 0 saturated carbocycles. The Bertz CT molecular complexity index is 812. The Morgan fingerprint density at radius 1 is 1.17 bits per heavy atom. The van der Waals surface area contributed by atoms with Gasteiger partial charge in [0, 0.05) is 12.6 Å². The highest BCUT2D eigenvalue weighted by molar-refractivity contribution is 6.04. The number of fused-ring (bicyclic) bond motifs is 1. The summed E-state index contributed by atoms with van der Waals surface area (Å²) in [6, 6.07) is 10.2. The Labute approximate surface area is 136 Å². The van der Waals surface area contributed by atoms with Gasteiger partial charge in [-0.1, -0.05) is 12.1 Å². The fourth-order valence-electron chi connectivity index (χ4n) is 2.32. The van der Waals surface area contributed by atoms with Crippen molar-refractivity contribution in [3.05, 3.63) is 53.6 Å². The first-order valence-corrected chi connectivity index (χ1v) is 7.12. The summed E-state index contributed by atoms with van der Waals surface area (Å²) in [6.07, 6.45) is -4.41. The van der Waals surface area contributed by atoms with Crippen LogP contribution in [0.15, 0.2) is 47.5 Å². The van der Waals surface area contributed by atoms with Crippen molar-refractivity contribution in [1.29, 1.82) is 0 Å². The molecule has 1 aliphatic heterocycles. The summed E-state index contributed by atoms with van der Waals surface area (Å²) in [6.45, 7) is 1.49. The average molecular weight is 334 g/mol. The fraction of sp³-hybridized carbons (Fsp3) is 0.176. The lowest BCUT2D eigenvalue weighted by atomic mass is 10.1. The molecular weight excluding hydrogens is 321 g/mol. The number of benzene rings is 2. The van der Waals surface area contributed by atoms with E-state index in [-0.39, 0.29) is 18.3 Å². The fourth-order valence-corrected chi connectivity index (χ4v) is 2.32. The van der Waals surface area contributed by atoms with E-state index in [0.717, 1.165) is 17.7 Å². The molecule has 124 valence electrons. The maximum absolute atomic E-state index is 12.7. The molecule has 0 radical (unpaired) electrons. The van der Waals surface area contributed by atoms with Crippen LogP contribution in [0.3, 0.4) is 0 Å². The standard InChI is InChI=1S/C17H13F3N2O2/c1-10(23)21-13-5-2-11(3-6-13)15-9-24-16-8-12(17(18,19)20)4-7-14(16)22-15/h2-8H,9H2,1H3,(H,21,23). The number of carbonyl (C=O) groups is 1. The van der Waals surface area contributed by atoms with Crippen LogP contribution in [0.5, 0.6) is 5.75 Å². The van der Waals surface area contributed by atoms with Gasteiger partial charge in [0.2, 0.25) is 5.91 Å². The molecule has 0 spiro atoms. The van der Waals surface area contributed by atoms with Crippen LogP contribution in [0.2, 0.25) is 0 Å². The molecule has 0 atom stereocenters. The summed E-state index contributed by atoms with van der Waals surface area (Å²) in [7, 11) is 0. The smallest absolute Gasteiger partial charge is 0.416 e. The van der Waals surface area contributed by atoms with Gasteiger partial charge >= 0.3 is 6.18 Å². The van der Waals surface area contributed by atoms with Crippen LogP contribution < -0.4 is 10.1 Å². The molecule has 0 aromatic heterocycles. The predicted molar refractivity (Wildman–Crippen MR) is 83.9 cm³/mol. The first-order chi connectivity index (χ1) is 11.3. The second-order valence-corrected chi connectivity index (χ2v) is 5.29. The highest BCUT2D eigenvalue weighted by Gasteiger charge is 2.31. The maximum atomic E-state index is 12.7. The van der Waals surface area contributed by atoms with Crippen LogP contribution >= 0.6 is 0 Å². The van der Waals surface area contributed by atoms with Crippen LogP contribution in [0.1, 0.15) is 18.1 Å². The largest absolute Gasteiger partial charge is 0.485 e.